The van der Waals surface area contributed by atoms with Crippen LogP contribution in [0.15, 0.2) is 54.7 Å². The third kappa shape index (κ3) is 5.22. The summed E-state index contributed by atoms with van der Waals surface area (Å²) in [6, 6.07) is 14.8. The maximum Gasteiger partial charge on any atom is 0.209 e. The highest BCUT2D eigenvalue weighted by atomic mass is 35.5. The van der Waals surface area contributed by atoms with Crippen molar-refractivity contribution in [1.29, 1.82) is 0 Å². The van der Waals surface area contributed by atoms with E-state index in [2.05, 4.69) is 25.6 Å². The van der Waals surface area contributed by atoms with Gasteiger partial charge in [-0.2, -0.15) is 5.10 Å². The van der Waals surface area contributed by atoms with Gasteiger partial charge in [0.15, 0.2) is 0 Å². The third-order valence-electron chi connectivity index (χ3n) is 3.48. The van der Waals surface area contributed by atoms with Gasteiger partial charge in [-0.05, 0) is 35.9 Å². The number of aromatic amines is 1. The van der Waals surface area contributed by atoms with Crippen LogP contribution in [0.25, 0.3) is 0 Å². The minimum atomic E-state index is -3.24. The molecule has 136 valence electrons. The summed E-state index contributed by atoms with van der Waals surface area (Å²) in [5.41, 5.74) is 3.24. The summed E-state index contributed by atoms with van der Waals surface area (Å²) in [7, 11) is -3.24. The van der Waals surface area contributed by atoms with Gasteiger partial charge < -0.3 is 10.6 Å². The first-order valence-corrected chi connectivity index (χ1v) is 10.0. The summed E-state index contributed by atoms with van der Waals surface area (Å²) < 4.78 is 24.9. The molecular formula is C17H18ClN5O2S. The molecule has 4 N–H and O–H groups in total. The molecule has 0 radical (unpaired) electrons. The monoisotopic (exact) mass is 391 g/mol. The highest BCUT2D eigenvalue weighted by Crippen LogP contribution is 2.27. The third-order valence-corrected chi connectivity index (χ3v) is 4.38. The number of sulfonamides is 1. The van der Waals surface area contributed by atoms with Crippen molar-refractivity contribution in [2.45, 2.75) is 6.54 Å². The molecule has 0 atom stereocenters. The summed E-state index contributed by atoms with van der Waals surface area (Å²) >= 11 is 6.01. The summed E-state index contributed by atoms with van der Waals surface area (Å²) in [5.74, 6) is 0.679. The van der Waals surface area contributed by atoms with Crippen LogP contribution in [0.4, 0.5) is 22.9 Å². The van der Waals surface area contributed by atoms with Gasteiger partial charge in [0, 0.05) is 22.9 Å². The van der Waals surface area contributed by atoms with Gasteiger partial charge in [-0.15, -0.1) is 0 Å². The van der Waals surface area contributed by atoms with Gasteiger partial charge in [-0.3, -0.25) is 5.10 Å². The molecule has 1 aromatic heterocycles. The molecule has 3 rings (SSSR count). The van der Waals surface area contributed by atoms with Crippen molar-refractivity contribution >= 4 is 44.5 Å². The summed E-state index contributed by atoms with van der Waals surface area (Å²) in [4.78, 5) is 0. The zero-order valence-corrected chi connectivity index (χ0v) is 15.5. The van der Waals surface area contributed by atoms with E-state index in [4.69, 9.17) is 11.6 Å². The first kappa shape index (κ1) is 18.2. The van der Waals surface area contributed by atoms with Crippen LogP contribution in [0.3, 0.4) is 0 Å². The number of nitrogens with zero attached hydrogens (tertiary/aromatic N) is 1. The molecule has 0 saturated carbocycles. The Balaban J connectivity index is 1.73. The molecule has 9 heteroatoms. The van der Waals surface area contributed by atoms with Gasteiger partial charge >= 0.3 is 0 Å². The van der Waals surface area contributed by atoms with E-state index in [1.54, 1.807) is 12.3 Å². The Morgan fingerprint density at radius 3 is 2.54 bits per heavy atom. The summed E-state index contributed by atoms with van der Waals surface area (Å²) in [6.07, 6.45) is 2.80. The predicted octanol–water partition coefficient (Wildman–Crippen LogP) is 3.60. The van der Waals surface area contributed by atoms with Crippen LogP contribution in [0, 0.1) is 0 Å². The number of benzene rings is 2. The molecule has 1 heterocycles. The van der Waals surface area contributed by atoms with Gasteiger partial charge in [-0.1, -0.05) is 29.8 Å². The van der Waals surface area contributed by atoms with Crippen LogP contribution in [0.5, 0.6) is 0 Å². The normalized spacial score (nSPS) is 11.3. The molecule has 0 fully saturated rings. The zero-order chi connectivity index (χ0) is 18.6. The van der Waals surface area contributed by atoms with Crippen molar-refractivity contribution in [2.24, 2.45) is 0 Å². The number of anilines is 4. The lowest BCUT2D eigenvalue weighted by Crippen LogP contribution is -2.21. The smallest absolute Gasteiger partial charge is 0.209 e. The molecule has 3 aromatic rings. The molecule has 0 aliphatic heterocycles. The summed E-state index contributed by atoms with van der Waals surface area (Å²) in [6.45, 7) is 0.227. The topological polar surface area (TPSA) is 98.9 Å². The minimum absolute atomic E-state index is 0.227. The fourth-order valence-corrected chi connectivity index (χ4v) is 2.93. The lowest BCUT2D eigenvalue weighted by Gasteiger charge is -2.10. The number of halogens is 1. The van der Waals surface area contributed by atoms with E-state index in [-0.39, 0.29) is 6.54 Å². The van der Waals surface area contributed by atoms with Crippen molar-refractivity contribution in [3.8, 4) is 0 Å². The van der Waals surface area contributed by atoms with Gasteiger partial charge in [0.25, 0.3) is 0 Å². The molecule has 0 aliphatic rings. The average Bonchev–Trinajstić information content (AvgIpc) is 3.00. The lowest BCUT2D eigenvalue weighted by molar-refractivity contribution is 0.587. The Kier molecular flexibility index (Phi) is 5.46. The van der Waals surface area contributed by atoms with Gasteiger partial charge in [0.1, 0.15) is 11.5 Å². The van der Waals surface area contributed by atoms with E-state index in [0.29, 0.717) is 10.8 Å². The maximum atomic E-state index is 11.2. The first-order valence-electron chi connectivity index (χ1n) is 7.76. The van der Waals surface area contributed by atoms with E-state index in [1.165, 1.54) is 0 Å². The fourth-order valence-electron chi connectivity index (χ4n) is 2.32. The molecule has 2 aromatic carbocycles. The average molecular weight is 392 g/mol. The number of nitrogens with one attached hydrogen (secondary N) is 4. The SMILES string of the molecule is CS(=O)(=O)NCc1cccc(Nc2[nH]ncc2Nc2cccc(Cl)c2)c1. The van der Waals surface area contributed by atoms with Gasteiger partial charge in [0.2, 0.25) is 10.0 Å². The van der Waals surface area contributed by atoms with Gasteiger partial charge in [0.05, 0.1) is 12.5 Å². The number of rotatable bonds is 7. The lowest BCUT2D eigenvalue weighted by atomic mass is 10.2. The van der Waals surface area contributed by atoms with Crippen molar-refractivity contribution < 1.29 is 8.42 Å². The van der Waals surface area contributed by atoms with Crippen molar-refractivity contribution in [2.75, 3.05) is 16.9 Å². The maximum absolute atomic E-state index is 11.2. The zero-order valence-electron chi connectivity index (χ0n) is 14.0. The van der Waals surface area contributed by atoms with E-state index in [1.807, 2.05) is 42.5 Å². The molecule has 0 saturated heterocycles. The quantitative estimate of drug-likeness (QED) is 0.493. The number of aromatic nitrogens is 2. The first-order chi connectivity index (χ1) is 12.4. The summed E-state index contributed by atoms with van der Waals surface area (Å²) in [5, 5.41) is 14.1. The van der Waals surface area contributed by atoms with Crippen LogP contribution < -0.4 is 15.4 Å². The van der Waals surface area contributed by atoms with Crippen molar-refractivity contribution in [1.82, 2.24) is 14.9 Å². The van der Waals surface area contributed by atoms with Crippen molar-refractivity contribution in [3.05, 3.63) is 65.3 Å². The Morgan fingerprint density at radius 2 is 1.81 bits per heavy atom. The number of H-pyrrole nitrogens is 1. The standard InChI is InChI=1S/C17H18ClN5O2S/c1-26(24,25)20-10-12-4-2-6-14(8-12)22-17-16(11-19-23-17)21-15-7-3-5-13(18)9-15/h2-9,11,20-21H,10H2,1H3,(H2,19,22,23). The molecule has 0 unspecified atom stereocenters. The molecule has 26 heavy (non-hydrogen) atoms. The van der Waals surface area contributed by atoms with E-state index in [9.17, 15) is 8.42 Å². The van der Waals surface area contributed by atoms with E-state index >= 15 is 0 Å². The second-order valence-electron chi connectivity index (χ2n) is 5.71. The molecular weight excluding hydrogens is 374 g/mol. The molecule has 0 aliphatic carbocycles. The fraction of sp³-hybridized carbons (Fsp3) is 0.118. The molecule has 0 bridgehead atoms. The van der Waals surface area contributed by atoms with Crippen LogP contribution in [0.2, 0.25) is 5.02 Å². The van der Waals surface area contributed by atoms with Crippen molar-refractivity contribution in [3.63, 3.8) is 0 Å². The second-order valence-corrected chi connectivity index (χ2v) is 7.98. The van der Waals surface area contributed by atoms with E-state index in [0.717, 1.165) is 28.9 Å². The van der Waals surface area contributed by atoms with Crippen LogP contribution in [0.1, 0.15) is 5.56 Å². The second kappa shape index (κ2) is 7.77. The van der Waals surface area contributed by atoms with Crippen LogP contribution in [-0.4, -0.2) is 24.9 Å². The Labute approximate surface area is 156 Å². The Bertz CT molecular complexity index is 1000. The number of hydrogen-bond acceptors (Lipinski definition) is 5. The van der Waals surface area contributed by atoms with Crippen LogP contribution >= 0.6 is 11.6 Å². The largest absolute Gasteiger partial charge is 0.351 e. The highest BCUT2D eigenvalue weighted by Gasteiger charge is 2.07. The van der Waals surface area contributed by atoms with E-state index < -0.39 is 10.0 Å². The highest BCUT2D eigenvalue weighted by molar-refractivity contribution is 7.88. The number of hydrogen-bond donors (Lipinski definition) is 4. The van der Waals surface area contributed by atoms with Gasteiger partial charge in [-0.25, -0.2) is 13.1 Å². The predicted molar refractivity (Wildman–Crippen MR) is 105 cm³/mol. The Morgan fingerprint density at radius 1 is 1.08 bits per heavy atom. The Hall–Kier alpha value is -2.55. The molecule has 0 spiro atoms. The van der Waals surface area contributed by atoms with Crippen LogP contribution in [-0.2, 0) is 16.6 Å². The molecule has 7 nitrogen and oxygen atoms in total. The minimum Gasteiger partial charge on any atom is -0.351 e. The molecule has 0 amide bonds.